The molecule has 6 heteroatoms. The van der Waals surface area contributed by atoms with Gasteiger partial charge in [-0.05, 0) is 45.0 Å². The van der Waals surface area contributed by atoms with Crippen molar-refractivity contribution in [3.05, 3.63) is 64.2 Å². The first-order chi connectivity index (χ1) is 12.2. The molecule has 0 saturated carbocycles. The molecule has 0 spiro atoms. The highest BCUT2D eigenvalue weighted by Gasteiger charge is 2.44. The van der Waals surface area contributed by atoms with E-state index in [0.717, 1.165) is 0 Å². The fourth-order valence-electron chi connectivity index (χ4n) is 3.10. The molecule has 0 saturated heterocycles. The topological polar surface area (TPSA) is 75.6 Å². The van der Waals surface area contributed by atoms with Crippen molar-refractivity contribution < 1.29 is 19.4 Å². The number of para-hydroxylation sites is 1. The Morgan fingerprint density at radius 2 is 1.88 bits per heavy atom. The number of aliphatic hydroxyl groups excluding tert-OH is 1. The Labute approximate surface area is 156 Å². The number of amides is 1. The summed E-state index contributed by atoms with van der Waals surface area (Å²) < 4.78 is 5.92. The van der Waals surface area contributed by atoms with Crippen LogP contribution in [0.25, 0.3) is 0 Å². The van der Waals surface area contributed by atoms with E-state index >= 15 is 0 Å². The lowest BCUT2D eigenvalue weighted by molar-refractivity contribution is -0.0630. The smallest absolute Gasteiger partial charge is 0.251 e. The van der Waals surface area contributed by atoms with Gasteiger partial charge in [0, 0.05) is 16.1 Å². The Morgan fingerprint density at radius 3 is 2.54 bits per heavy atom. The van der Waals surface area contributed by atoms with E-state index in [1.54, 1.807) is 56.3 Å². The standard InChI is InChI=1S/C20H20ClNO4/c1-11(23)14-8-5-9-15-16(18(24)20(2,3)26-17(14)15)22-19(25)12-6-4-7-13(21)10-12/h4-10,16,18,24H,1-3H3,(H,22,25)/t16-,18+/m0/s1. The van der Waals surface area contributed by atoms with Crippen LogP contribution in [0.5, 0.6) is 5.75 Å². The van der Waals surface area contributed by atoms with Crippen molar-refractivity contribution in [3.8, 4) is 5.75 Å². The number of ketones is 1. The summed E-state index contributed by atoms with van der Waals surface area (Å²) >= 11 is 5.96. The molecule has 2 N–H and O–H groups in total. The lowest BCUT2D eigenvalue weighted by atomic mass is 9.85. The summed E-state index contributed by atoms with van der Waals surface area (Å²) in [5.74, 6) is -0.117. The fraction of sp³-hybridized carbons (Fsp3) is 0.300. The highest BCUT2D eigenvalue weighted by atomic mass is 35.5. The molecule has 0 radical (unpaired) electrons. The molecule has 5 nitrogen and oxygen atoms in total. The number of carbonyl (C=O) groups excluding carboxylic acids is 2. The van der Waals surface area contributed by atoms with Crippen molar-refractivity contribution in [1.82, 2.24) is 5.32 Å². The molecule has 26 heavy (non-hydrogen) atoms. The highest BCUT2D eigenvalue weighted by Crippen LogP contribution is 2.42. The predicted octanol–water partition coefficient (Wildman–Crippen LogP) is 3.55. The van der Waals surface area contributed by atoms with Crippen LogP contribution >= 0.6 is 11.6 Å². The molecule has 0 aromatic heterocycles. The van der Waals surface area contributed by atoms with Crippen LogP contribution in [0.15, 0.2) is 42.5 Å². The predicted molar refractivity (Wildman–Crippen MR) is 98.8 cm³/mol. The highest BCUT2D eigenvalue weighted by molar-refractivity contribution is 6.30. The zero-order chi connectivity index (χ0) is 19.1. The van der Waals surface area contributed by atoms with Crippen molar-refractivity contribution in [1.29, 1.82) is 0 Å². The molecule has 0 fully saturated rings. The summed E-state index contributed by atoms with van der Waals surface area (Å²) in [6.45, 7) is 4.89. The number of nitrogens with one attached hydrogen (secondary N) is 1. The second kappa shape index (κ2) is 6.74. The minimum atomic E-state index is -1.000. The lowest BCUT2D eigenvalue weighted by Gasteiger charge is -2.42. The van der Waals surface area contributed by atoms with E-state index in [0.29, 0.717) is 27.5 Å². The van der Waals surface area contributed by atoms with Crippen molar-refractivity contribution in [2.45, 2.75) is 38.5 Å². The molecule has 0 bridgehead atoms. The number of fused-ring (bicyclic) bond motifs is 1. The van der Waals surface area contributed by atoms with Gasteiger partial charge in [0.2, 0.25) is 0 Å². The Morgan fingerprint density at radius 1 is 1.19 bits per heavy atom. The van der Waals surface area contributed by atoms with Gasteiger partial charge in [-0.2, -0.15) is 0 Å². The van der Waals surface area contributed by atoms with Crippen LogP contribution in [0.1, 0.15) is 53.1 Å². The minimum Gasteiger partial charge on any atom is -0.484 e. The van der Waals surface area contributed by atoms with Crippen LogP contribution in [-0.2, 0) is 0 Å². The maximum Gasteiger partial charge on any atom is 0.251 e. The maximum atomic E-state index is 12.7. The van der Waals surface area contributed by atoms with Crippen LogP contribution in [0.4, 0.5) is 0 Å². The zero-order valence-corrected chi connectivity index (χ0v) is 15.5. The van der Waals surface area contributed by atoms with Crippen LogP contribution in [0.3, 0.4) is 0 Å². The first kappa shape index (κ1) is 18.4. The summed E-state index contributed by atoms with van der Waals surface area (Å²) in [5, 5.41) is 14.1. The van der Waals surface area contributed by atoms with Gasteiger partial charge < -0.3 is 15.2 Å². The molecular formula is C20H20ClNO4. The monoisotopic (exact) mass is 373 g/mol. The Balaban J connectivity index is 2.02. The van der Waals surface area contributed by atoms with E-state index in [1.807, 2.05) is 0 Å². The van der Waals surface area contributed by atoms with E-state index in [4.69, 9.17) is 16.3 Å². The zero-order valence-electron chi connectivity index (χ0n) is 14.7. The molecule has 136 valence electrons. The second-order valence-electron chi connectivity index (χ2n) is 6.89. The van der Waals surface area contributed by atoms with Gasteiger partial charge in [-0.3, -0.25) is 9.59 Å². The summed E-state index contributed by atoms with van der Waals surface area (Å²) in [4.78, 5) is 24.6. The summed E-state index contributed by atoms with van der Waals surface area (Å²) in [6.07, 6.45) is -1.000. The molecule has 1 amide bonds. The molecular weight excluding hydrogens is 354 g/mol. The average molecular weight is 374 g/mol. The molecule has 2 aromatic carbocycles. The maximum absolute atomic E-state index is 12.7. The van der Waals surface area contributed by atoms with Crippen LogP contribution < -0.4 is 10.1 Å². The molecule has 2 atom stereocenters. The van der Waals surface area contributed by atoms with Gasteiger partial charge in [0.05, 0.1) is 11.6 Å². The van der Waals surface area contributed by atoms with E-state index in [-0.39, 0.29) is 11.7 Å². The van der Waals surface area contributed by atoms with E-state index in [2.05, 4.69) is 5.32 Å². The van der Waals surface area contributed by atoms with Gasteiger partial charge in [0.15, 0.2) is 5.78 Å². The van der Waals surface area contributed by atoms with Crippen molar-refractivity contribution in [2.24, 2.45) is 0 Å². The number of hydrogen-bond acceptors (Lipinski definition) is 4. The van der Waals surface area contributed by atoms with Crippen LogP contribution in [0, 0.1) is 0 Å². The van der Waals surface area contributed by atoms with Crippen molar-refractivity contribution in [2.75, 3.05) is 0 Å². The molecule has 0 unspecified atom stereocenters. The van der Waals surface area contributed by atoms with Gasteiger partial charge in [-0.25, -0.2) is 0 Å². The molecule has 1 heterocycles. The van der Waals surface area contributed by atoms with Gasteiger partial charge in [-0.15, -0.1) is 0 Å². The Hall–Kier alpha value is -2.37. The number of benzene rings is 2. The first-order valence-corrected chi connectivity index (χ1v) is 8.66. The summed E-state index contributed by atoms with van der Waals surface area (Å²) in [7, 11) is 0. The Bertz CT molecular complexity index is 878. The number of hydrogen-bond donors (Lipinski definition) is 2. The molecule has 2 aromatic rings. The van der Waals surface area contributed by atoms with Crippen LogP contribution in [0.2, 0.25) is 5.02 Å². The van der Waals surface area contributed by atoms with E-state index < -0.39 is 17.7 Å². The minimum absolute atomic E-state index is 0.144. The third-order valence-corrected chi connectivity index (χ3v) is 4.76. The number of halogens is 1. The Kier molecular flexibility index (Phi) is 4.78. The number of Topliss-reactive ketones (excluding diaryl/α,β-unsaturated/α-hetero) is 1. The average Bonchev–Trinajstić information content (AvgIpc) is 2.58. The number of rotatable bonds is 3. The van der Waals surface area contributed by atoms with Crippen molar-refractivity contribution in [3.63, 3.8) is 0 Å². The van der Waals surface area contributed by atoms with Gasteiger partial charge in [0.25, 0.3) is 5.91 Å². The SMILES string of the molecule is CC(=O)c1cccc2c1OC(C)(C)[C@H](O)[C@H]2NC(=O)c1cccc(Cl)c1. The van der Waals surface area contributed by atoms with Gasteiger partial charge >= 0.3 is 0 Å². The normalized spacial score (nSPS) is 20.7. The number of ether oxygens (including phenoxy) is 1. The fourth-order valence-corrected chi connectivity index (χ4v) is 3.29. The number of aliphatic hydroxyl groups is 1. The largest absolute Gasteiger partial charge is 0.484 e. The second-order valence-corrected chi connectivity index (χ2v) is 7.33. The van der Waals surface area contributed by atoms with E-state index in [1.165, 1.54) is 6.92 Å². The molecule has 1 aliphatic rings. The molecule has 1 aliphatic heterocycles. The third kappa shape index (κ3) is 3.32. The first-order valence-electron chi connectivity index (χ1n) is 8.28. The van der Waals surface area contributed by atoms with Gasteiger partial charge in [0.1, 0.15) is 17.5 Å². The summed E-state index contributed by atoms with van der Waals surface area (Å²) in [5.41, 5.74) is 0.396. The van der Waals surface area contributed by atoms with Crippen molar-refractivity contribution >= 4 is 23.3 Å². The quantitative estimate of drug-likeness (QED) is 0.807. The van der Waals surface area contributed by atoms with Gasteiger partial charge in [-0.1, -0.05) is 29.8 Å². The number of carbonyl (C=O) groups is 2. The van der Waals surface area contributed by atoms with Crippen LogP contribution in [-0.4, -0.2) is 28.5 Å². The summed E-state index contributed by atoms with van der Waals surface area (Å²) in [6, 6.07) is 11.0. The third-order valence-electron chi connectivity index (χ3n) is 4.53. The molecule has 0 aliphatic carbocycles. The van der Waals surface area contributed by atoms with E-state index in [9.17, 15) is 14.7 Å². The molecule has 3 rings (SSSR count). The lowest BCUT2D eigenvalue weighted by Crippen LogP contribution is -2.53.